The lowest BCUT2D eigenvalue weighted by Crippen LogP contribution is -1.98. The molecule has 0 radical (unpaired) electrons. The van der Waals surface area contributed by atoms with Gasteiger partial charge in [-0.25, -0.2) is 14.4 Å². The summed E-state index contributed by atoms with van der Waals surface area (Å²) in [5.74, 6) is 0.449. The van der Waals surface area contributed by atoms with Gasteiger partial charge in [0, 0.05) is 4.88 Å². The molecule has 0 saturated heterocycles. The number of benzene rings is 1. The van der Waals surface area contributed by atoms with E-state index in [1.54, 1.807) is 29.8 Å². The quantitative estimate of drug-likeness (QED) is 0.688. The number of nitrogens with one attached hydrogen (secondary N) is 1. The first-order chi connectivity index (χ1) is 10.8. The second-order valence-corrected chi connectivity index (χ2v) is 6.66. The Bertz CT molecular complexity index is 828. The Morgan fingerprint density at radius 3 is 2.82 bits per heavy atom. The predicted octanol–water partition coefficient (Wildman–Crippen LogP) is 4.84. The lowest BCUT2D eigenvalue weighted by molar-refractivity contribution is 0.632. The van der Waals surface area contributed by atoms with Crippen LogP contribution in [0.2, 0.25) is 0 Å². The molecule has 1 aliphatic carbocycles. The fraction of sp³-hybridized carbons (Fsp3) is 0.294. The number of hydrogen-bond donors (Lipinski definition) is 1. The SMILES string of the molecule is Fc1ccccc1Nc1ncnc2sc3c(c12)CCCCC3. The molecule has 112 valence electrons. The Labute approximate surface area is 132 Å². The molecule has 0 spiro atoms. The van der Waals surface area contributed by atoms with Crippen molar-refractivity contribution >= 4 is 33.1 Å². The van der Waals surface area contributed by atoms with Crippen LogP contribution >= 0.6 is 11.3 Å². The Hall–Kier alpha value is -2.01. The van der Waals surface area contributed by atoms with Gasteiger partial charge >= 0.3 is 0 Å². The van der Waals surface area contributed by atoms with E-state index in [2.05, 4.69) is 15.3 Å². The van der Waals surface area contributed by atoms with Crippen LogP contribution in [-0.2, 0) is 12.8 Å². The third-order valence-corrected chi connectivity index (χ3v) is 5.33. The number of aromatic nitrogens is 2. The van der Waals surface area contributed by atoms with E-state index in [0.29, 0.717) is 5.69 Å². The monoisotopic (exact) mass is 313 g/mol. The fourth-order valence-corrected chi connectivity index (χ4v) is 4.28. The van der Waals surface area contributed by atoms with Crippen LogP contribution in [-0.4, -0.2) is 9.97 Å². The lowest BCUT2D eigenvalue weighted by Gasteiger charge is -2.09. The Morgan fingerprint density at radius 2 is 1.91 bits per heavy atom. The molecule has 0 saturated carbocycles. The van der Waals surface area contributed by atoms with Crippen molar-refractivity contribution in [1.82, 2.24) is 9.97 Å². The van der Waals surface area contributed by atoms with Crippen LogP contribution in [0.15, 0.2) is 30.6 Å². The van der Waals surface area contributed by atoms with Crippen molar-refractivity contribution in [2.24, 2.45) is 0 Å². The summed E-state index contributed by atoms with van der Waals surface area (Å²) in [6.07, 6.45) is 7.45. The van der Waals surface area contributed by atoms with Crippen molar-refractivity contribution < 1.29 is 4.39 Å². The van der Waals surface area contributed by atoms with E-state index in [9.17, 15) is 4.39 Å². The van der Waals surface area contributed by atoms with Crippen LogP contribution in [0.25, 0.3) is 10.2 Å². The van der Waals surface area contributed by atoms with Gasteiger partial charge in [-0.15, -0.1) is 11.3 Å². The van der Waals surface area contributed by atoms with Crippen molar-refractivity contribution in [3.8, 4) is 0 Å². The van der Waals surface area contributed by atoms with Crippen LogP contribution in [0.3, 0.4) is 0 Å². The van der Waals surface area contributed by atoms with Gasteiger partial charge in [-0.3, -0.25) is 0 Å². The van der Waals surface area contributed by atoms with E-state index in [1.165, 1.54) is 35.8 Å². The molecule has 0 aliphatic heterocycles. The molecule has 0 unspecified atom stereocenters. The highest BCUT2D eigenvalue weighted by atomic mass is 32.1. The number of anilines is 2. The van der Waals surface area contributed by atoms with E-state index in [0.717, 1.165) is 28.9 Å². The van der Waals surface area contributed by atoms with E-state index >= 15 is 0 Å². The number of thiophene rings is 1. The second kappa shape index (κ2) is 5.65. The first kappa shape index (κ1) is 13.6. The minimum atomic E-state index is -0.268. The maximum absolute atomic E-state index is 13.9. The number of fused-ring (bicyclic) bond motifs is 3. The van der Waals surface area contributed by atoms with Crippen LogP contribution in [0.4, 0.5) is 15.9 Å². The molecule has 1 aromatic carbocycles. The maximum atomic E-state index is 13.9. The summed E-state index contributed by atoms with van der Waals surface area (Å²) in [5, 5.41) is 4.23. The van der Waals surface area contributed by atoms with Gasteiger partial charge in [0.15, 0.2) is 0 Å². The lowest BCUT2D eigenvalue weighted by atomic mass is 10.1. The average molecular weight is 313 g/mol. The molecule has 0 fully saturated rings. The third kappa shape index (κ3) is 2.35. The number of hydrogen-bond acceptors (Lipinski definition) is 4. The van der Waals surface area contributed by atoms with E-state index < -0.39 is 0 Å². The van der Waals surface area contributed by atoms with Crippen LogP contribution in [0.5, 0.6) is 0 Å². The zero-order chi connectivity index (χ0) is 14.9. The highest BCUT2D eigenvalue weighted by Crippen LogP contribution is 2.38. The average Bonchev–Trinajstić information content (AvgIpc) is 2.73. The maximum Gasteiger partial charge on any atom is 0.146 e. The molecule has 3 nitrogen and oxygen atoms in total. The van der Waals surface area contributed by atoms with Crippen molar-refractivity contribution in [1.29, 1.82) is 0 Å². The fourth-order valence-electron chi connectivity index (χ4n) is 3.05. The standard InChI is InChI=1S/C17H16FN3S/c18-12-7-4-5-8-13(12)21-16-15-11-6-2-1-3-9-14(11)22-17(15)20-10-19-16/h4-5,7-8,10H,1-3,6,9H2,(H,19,20,21). The van der Waals surface area contributed by atoms with Gasteiger partial charge in [0.1, 0.15) is 22.8 Å². The largest absolute Gasteiger partial charge is 0.337 e. The van der Waals surface area contributed by atoms with Crippen LogP contribution in [0.1, 0.15) is 29.7 Å². The van der Waals surface area contributed by atoms with Gasteiger partial charge in [0.05, 0.1) is 11.1 Å². The zero-order valence-electron chi connectivity index (χ0n) is 12.1. The molecule has 3 aromatic rings. The van der Waals surface area contributed by atoms with Crippen LogP contribution < -0.4 is 5.32 Å². The van der Waals surface area contributed by atoms with Crippen LogP contribution in [0, 0.1) is 5.82 Å². The number of nitrogens with zero attached hydrogens (tertiary/aromatic N) is 2. The summed E-state index contributed by atoms with van der Waals surface area (Å²) in [6, 6.07) is 6.69. The Morgan fingerprint density at radius 1 is 1.05 bits per heavy atom. The molecule has 0 amide bonds. The minimum Gasteiger partial charge on any atom is -0.337 e. The summed E-state index contributed by atoms with van der Waals surface area (Å²) >= 11 is 1.76. The van der Waals surface area contributed by atoms with Gasteiger partial charge in [-0.2, -0.15) is 0 Å². The highest BCUT2D eigenvalue weighted by molar-refractivity contribution is 7.18. The summed E-state index contributed by atoms with van der Waals surface area (Å²) < 4.78 is 13.9. The minimum absolute atomic E-state index is 0.268. The second-order valence-electron chi connectivity index (χ2n) is 5.57. The molecule has 2 heterocycles. The number of halogens is 1. The molecule has 4 rings (SSSR count). The van der Waals surface area contributed by atoms with Crippen molar-refractivity contribution in [2.75, 3.05) is 5.32 Å². The Balaban J connectivity index is 1.84. The summed E-state index contributed by atoms with van der Waals surface area (Å²) in [5.41, 5.74) is 1.81. The molecule has 22 heavy (non-hydrogen) atoms. The molecule has 2 aromatic heterocycles. The molecule has 0 bridgehead atoms. The normalized spacial score (nSPS) is 14.6. The van der Waals surface area contributed by atoms with Gasteiger partial charge in [0.2, 0.25) is 0 Å². The molecule has 1 aliphatic rings. The molecule has 1 N–H and O–H groups in total. The van der Waals surface area contributed by atoms with E-state index in [4.69, 9.17) is 0 Å². The molecule has 0 atom stereocenters. The van der Waals surface area contributed by atoms with Crippen molar-refractivity contribution in [2.45, 2.75) is 32.1 Å². The zero-order valence-corrected chi connectivity index (χ0v) is 12.9. The first-order valence-electron chi connectivity index (χ1n) is 7.60. The number of para-hydroxylation sites is 1. The van der Waals surface area contributed by atoms with E-state index in [-0.39, 0.29) is 5.82 Å². The van der Waals surface area contributed by atoms with Gasteiger partial charge in [0.25, 0.3) is 0 Å². The summed E-state index contributed by atoms with van der Waals surface area (Å²) in [7, 11) is 0. The third-order valence-electron chi connectivity index (χ3n) is 4.13. The van der Waals surface area contributed by atoms with Gasteiger partial charge < -0.3 is 5.32 Å². The first-order valence-corrected chi connectivity index (χ1v) is 8.41. The topological polar surface area (TPSA) is 37.8 Å². The van der Waals surface area contributed by atoms with Crippen molar-refractivity contribution in [3.63, 3.8) is 0 Å². The van der Waals surface area contributed by atoms with Gasteiger partial charge in [-0.1, -0.05) is 18.6 Å². The molecule has 5 heteroatoms. The summed E-state index contributed by atoms with van der Waals surface area (Å²) in [6.45, 7) is 0. The molecular weight excluding hydrogens is 297 g/mol. The van der Waals surface area contributed by atoms with Crippen molar-refractivity contribution in [3.05, 3.63) is 46.9 Å². The molecular formula is C17H16FN3S. The van der Waals surface area contributed by atoms with Gasteiger partial charge in [-0.05, 0) is 43.4 Å². The smallest absolute Gasteiger partial charge is 0.146 e. The van der Waals surface area contributed by atoms with E-state index in [1.807, 2.05) is 6.07 Å². The number of rotatable bonds is 2. The Kier molecular flexibility index (Phi) is 3.50. The predicted molar refractivity (Wildman–Crippen MR) is 88.4 cm³/mol. The highest BCUT2D eigenvalue weighted by Gasteiger charge is 2.19. The summed E-state index contributed by atoms with van der Waals surface area (Å²) in [4.78, 5) is 11.2. The number of aryl methyl sites for hydroxylation is 2.